The summed E-state index contributed by atoms with van der Waals surface area (Å²) in [6.45, 7) is 0. The summed E-state index contributed by atoms with van der Waals surface area (Å²) in [6, 6.07) is 9.74. The number of H-pyrrole nitrogens is 1. The molecule has 0 fully saturated rings. The molecule has 0 aliphatic heterocycles. The Morgan fingerprint density at radius 1 is 1.25 bits per heavy atom. The summed E-state index contributed by atoms with van der Waals surface area (Å²) >= 11 is 0. The summed E-state index contributed by atoms with van der Waals surface area (Å²) in [5.41, 5.74) is 3.41. The highest BCUT2D eigenvalue weighted by Gasteiger charge is 2.03. The number of carbonyl (C=O) groups is 1. The van der Waals surface area contributed by atoms with Gasteiger partial charge in [0.15, 0.2) is 6.29 Å². The summed E-state index contributed by atoms with van der Waals surface area (Å²) < 4.78 is 0. The Hall–Kier alpha value is -2.10. The van der Waals surface area contributed by atoms with E-state index in [9.17, 15) is 4.79 Å². The van der Waals surface area contributed by atoms with Crippen molar-refractivity contribution >= 4 is 12.0 Å². The van der Waals surface area contributed by atoms with Gasteiger partial charge in [-0.3, -0.25) is 9.89 Å². The Morgan fingerprint density at radius 3 is 2.44 bits per heavy atom. The Balaban J connectivity index is 2.30. The first-order valence-corrected chi connectivity index (χ1v) is 4.99. The van der Waals surface area contributed by atoms with Crippen LogP contribution in [0, 0.1) is 0 Å². The number of hydrogen-bond acceptors (Lipinski definition) is 3. The minimum Gasteiger partial charge on any atom is -0.378 e. The average Bonchev–Trinajstić information content (AvgIpc) is 2.77. The topological polar surface area (TPSA) is 49.0 Å². The lowest BCUT2D eigenvalue weighted by Gasteiger charge is -2.11. The number of anilines is 1. The molecular formula is C12H13N3O. The SMILES string of the molecule is CN(C)c1ccc(-c2cc(C=O)[nH]n2)cc1. The van der Waals surface area contributed by atoms with E-state index >= 15 is 0 Å². The molecule has 0 unspecified atom stereocenters. The second-order valence-corrected chi connectivity index (χ2v) is 3.77. The van der Waals surface area contributed by atoms with Gasteiger partial charge in [-0.15, -0.1) is 0 Å². The molecule has 1 aromatic heterocycles. The predicted octanol–water partition coefficient (Wildman–Crippen LogP) is 1.96. The van der Waals surface area contributed by atoms with Crippen molar-refractivity contribution in [1.82, 2.24) is 10.2 Å². The van der Waals surface area contributed by atoms with E-state index in [2.05, 4.69) is 10.2 Å². The van der Waals surface area contributed by atoms with Gasteiger partial charge in [-0.25, -0.2) is 0 Å². The highest BCUT2D eigenvalue weighted by Crippen LogP contribution is 2.20. The molecule has 0 spiro atoms. The molecule has 16 heavy (non-hydrogen) atoms. The first-order chi connectivity index (χ1) is 7.70. The van der Waals surface area contributed by atoms with Gasteiger partial charge < -0.3 is 4.90 Å². The minimum atomic E-state index is 0.492. The zero-order chi connectivity index (χ0) is 11.5. The Morgan fingerprint density at radius 2 is 1.94 bits per heavy atom. The molecule has 1 heterocycles. The number of benzene rings is 1. The van der Waals surface area contributed by atoms with E-state index in [1.807, 2.05) is 43.3 Å². The standard InChI is InChI=1S/C12H13N3O/c1-15(2)11-5-3-9(4-6-11)12-7-10(8-16)13-14-12/h3-8H,1-2H3,(H,13,14). The van der Waals surface area contributed by atoms with Crippen molar-refractivity contribution in [1.29, 1.82) is 0 Å². The smallest absolute Gasteiger partial charge is 0.167 e. The molecule has 4 nitrogen and oxygen atoms in total. The lowest BCUT2D eigenvalue weighted by molar-refractivity contribution is 0.111. The Kier molecular flexibility index (Phi) is 2.72. The maximum Gasteiger partial charge on any atom is 0.167 e. The molecule has 0 aliphatic carbocycles. The van der Waals surface area contributed by atoms with Crippen molar-refractivity contribution in [2.24, 2.45) is 0 Å². The summed E-state index contributed by atoms with van der Waals surface area (Å²) in [7, 11) is 3.99. The minimum absolute atomic E-state index is 0.492. The zero-order valence-corrected chi connectivity index (χ0v) is 9.27. The Bertz CT molecular complexity index is 485. The number of aldehydes is 1. The van der Waals surface area contributed by atoms with Crippen LogP contribution in [-0.2, 0) is 0 Å². The lowest BCUT2D eigenvalue weighted by Crippen LogP contribution is -2.07. The molecule has 0 amide bonds. The average molecular weight is 215 g/mol. The quantitative estimate of drug-likeness (QED) is 0.796. The Labute approximate surface area is 93.9 Å². The van der Waals surface area contributed by atoms with Crippen molar-refractivity contribution in [2.75, 3.05) is 19.0 Å². The number of nitrogens with zero attached hydrogens (tertiary/aromatic N) is 2. The largest absolute Gasteiger partial charge is 0.378 e. The zero-order valence-electron chi connectivity index (χ0n) is 9.27. The van der Waals surface area contributed by atoms with E-state index in [0.717, 1.165) is 23.2 Å². The van der Waals surface area contributed by atoms with Gasteiger partial charge in [0.05, 0.1) is 11.4 Å². The second kappa shape index (κ2) is 4.18. The fourth-order valence-electron chi connectivity index (χ4n) is 1.48. The first kappa shape index (κ1) is 10.4. The monoisotopic (exact) mass is 215 g/mol. The van der Waals surface area contributed by atoms with Crippen molar-refractivity contribution < 1.29 is 4.79 Å². The van der Waals surface area contributed by atoms with Crippen LogP contribution < -0.4 is 4.90 Å². The lowest BCUT2D eigenvalue weighted by atomic mass is 10.1. The van der Waals surface area contributed by atoms with Crippen LogP contribution in [0.25, 0.3) is 11.3 Å². The molecule has 0 saturated heterocycles. The van der Waals surface area contributed by atoms with Crippen molar-refractivity contribution in [3.05, 3.63) is 36.0 Å². The van der Waals surface area contributed by atoms with Crippen molar-refractivity contribution in [2.45, 2.75) is 0 Å². The fraction of sp³-hybridized carbons (Fsp3) is 0.167. The van der Waals surface area contributed by atoms with Gasteiger partial charge in [0.1, 0.15) is 0 Å². The molecule has 2 aromatic rings. The van der Waals surface area contributed by atoms with Gasteiger partial charge in [0.2, 0.25) is 0 Å². The van der Waals surface area contributed by atoms with Crippen LogP contribution in [0.3, 0.4) is 0 Å². The van der Waals surface area contributed by atoms with Gasteiger partial charge in [0.25, 0.3) is 0 Å². The van der Waals surface area contributed by atoms with E-state index in [4.69, 9.17) is 0 Å². The summed E-state index contributed by atoms with van der Waals surface area (Å²) in [5.74, 6) is 0. The number of rotatable bonds is 3. The predicted molar refractivity (Wildman–Crippen MR) is 63.7 cm³/mol. The highest BCUT2D eigenvalue weighted by atomic mass is 16.1. The molecule has 0 atom stereocenters. The molecule has 82 valence electrons. The van der Waals surface area contributed by atoms with E-state index < -0.39 is 0 Å². The summed E-state index contributed by atoms with van der Waals surface area (Å²) in [6.07, 6.45) is 0.755. The van der Waals surface area contributed by atoms with Crippen molar-refractivity contribution in [3.63, 3.8) is 0 Å². The fourth-order valence-corrected chi connectivity index (χ4v) is 1.48. The number of aromatic nitrogens is 2. The second-order valence-electron chi connectivity index (χ2n) is 3.77. The van der Waals surface area contributed by atoms with E-state index in [1.165, 1.54) is 0 Å². The summed E-state index contributed by atoms with van der Waals surface area (Å²) in [4.78, 5) is 12.5. The van der Waals surface area contributed by atoms with Crippen LogP contribution in [0.4, 0.5) is 5.69 Å². The van der Waals surface area contributed by atoms with Gasteiger partial charge in [-0.1, -0.05) is 12.1 Å². The third-order valence-corrected chi connectivity index (χ3v) is 2.40. The molecular weight excluding hydrogens is 202 g/mol. The molecule has 1 N–H and O–H groups in total. The van der Waals surface area contributed by atoms with Gasteiger partial charge in [0, 0.05) is 25.3 Å². The van der Waals surface area contributed by atoms with E-state index in [1.54, 1.807) is 6.07 Å². The van der Waals surface area contributed by atoms with Crippen LogP contribution in [0.5, 0.6) is 0 Å². The van der Waals surface area contributed by atoms with Crippen LogP contribution in [0.2, 0.25) is 0 Å². The third kappa shape index (κ3) is 1.95. The number of carbonyl (C=O) groups excluding carboxylic acids is 1. The normalized spacial score (nSPS) is 10.1. The summed E-state index contributed by atoms with van der Waals surface area (Å²) in [5, 5.41) is 6.72. The van der Waals surface area contributed by atoms with Gasteiger partial charge >= 0.3 is 0 Å². The van der Waals surface area contributed by atoms with Crippen LogP contribution in [0.1, 0.15) is 10.5 Å². The highest BCUT2D eigenvalue weighted by molar-refractivity contribution is 5.75. The maximum atomic E-state index is 10.5. The van der Waals surface area contributed by atoms with E-state index in [-0.39, 0.29) is 0 Å². The number of aromatic amines is 1. The molecule has 0 bridgehead atoms. The number of nitrogens with one attached hydrogen (secondary N) is 1. The van der Waals surface area contributed by atoms with E-state index in [0.29, 0.717) is 5.69 Å². The molecule has 2 rings (SSSR count). The molecule has 4 heteroatoms. The third-order valence-electron chi connectivity index (χ3n) is 2.40. The van der Waals surface area contributed by atoms with Gasteiger partial charge in [-0.2, -0.15) is 5.10 Å². The first-order valence-electron chi connectivity index (χ1n) is 4.99. The van der Waals surface area contributed by atoms with Crippen LogP contribution >= 0.6 is 0 Å². The molecule has 0 radical (unpaired) electrons. The van der Waals surface area contributed by atoms with Crippen LogP contribution in [0.15, 0.2) is 30.3 Å². The molecule has 0 aliphatic rings. The van der Waals surface area contributed by atoms with Crippen molar-refractivity contribution in [3.8, 4) is 11.3 Å². The number of hydrogen-bond donors (Lipinski definition) is 1. The maximum absolute atomic E-state index is 10.5. The van der Waals surface area contributed by atoms with Crippen LogP contribution in [-0.4, -0.2) is 30.6 Å². The van der Waals surface area contributed by atoms with Gasteiger partial charge in [-0.05, 0) is 18.2 Å². The molecule has 1 aromatic carbocycles. The molecule has 0 saturated carbocycles.